The fourth-order valence-electron chi connectivity index (χ4n) is 1.73. The Balaban J connectivity index is 1.97. The van der Waals surface area contributed by atoms with E-state index in [0.717, 1.165) is 16.9 Å². The van der Waals surface area contributed by atoms with E-state index >= 15 is 0 Å². The van der Waals surface area contributed by atoms with Crippen LogP contribution in [0.15, 0.2) is 54.7 Å². The number of anilines is 1. The highest BCUT2D eigenvalue weighted by molar-refractivity contribution is 6.01. The minimum atomic E-state index is -0.190. The van der Waals surface area contributed by atoms with Gasteiger partial charge in [-0.1, -0.05) is 18.2 Å². The van der Waals surface area contributed by atoms with Crippen LogP contribution in [0.4, 0.5) is 5.69 Å². The number of carbonyl (C=O) groups excluding carboxylic acids is 1. The Bertz CT molecular complexity index is 594. The molecule has 0 spiro atoms. The summed E-state index contributed by atoms with van der Waals surface area (Å²) in [7, 11) is 1.64. The van der Waals surface area contributed by atoms with E-state index in [-0.39, 0.29) is 5.91 Å². The van der Waals surface area contributed by atoms with Crippen molar-refractivity contribution in [3.8, 4) is 0 Å². The Morgan fingerprint density at radius 3 is 2.95 bits per heavy atom. The van der Waals surface area contributed by atoms with Gasteiger partial charge in [0, 0.05) is 25.1 Å². The standard InChI is InChI=1S/C16H16N2O2/c1-20-12-13-5-4-7-15(11-13)18-16(19)9-8-14-6-2-3-10-17-14/h2-11H,12H2,1H3,(H,18,19)/b9-8+. The van der Waals surface area contributed by atoms with E-state index in [9.17, 15) is 4.79 Å². The smallest absolute Gasteiger partial charge is 0.248 e. The number of rotatable bonds is 5. The van der Waals surface area contributed by atoms with E-state index in [1.54, 1.807) is 19.4 Å². The number of pyridine rings is 1. The average Bonchev–Trinajstić information content (AvgIpc) is 2.47. The molecule has 1 aromatic carbocycles. The van der Waals surface area contributed by atoms with E-state index in [1.807, 2.05) is 42.5 Å². The summed E-state index contributed by atoms with van der Waals surface area (Å²) in [4.78, 5) is 15.9. The van der Waals surface area contributed by atoms with Gasteiger partial charge in [0.05, 0.1) is 12.3 Å². The summed E-state index contributed by atoms with van der Waals surface area (Å²) in [5.41, 5.74) is 2.50. The Morgan fingerprint density at radius 1 is 1.30 bits per heavy atom. The second-order valence-electron chi connectivity index (χ2n) is 4.21. The van der Waals surface area contributed by atoms with Gasteiger partial charge in [-0.3, -0.25) is 9.78 Å². The Hall–Kier alpha value is -2.46. The number of nitrogens with zero attached hydrogens (tertiary/aromatic N) is 1. The summed E-state index contributed by atoms with van der Waals surface area (Å²) in [6.07, 6.45) is 4.82. The number of nitrogens with one attached hydrogen (secondary N) is 1. The third kappa shape index (κ3) is 4.33. The van der Waals surface area contributed by atoms with Crippen LogP contribution in [0.1, 0.15) is 11.3 Å². The first-order chi connectivity index (χ1) is 9.78. The van der Waals surface area contributed by atoms with Crippen molar-refractivity contribution in [2.24, 2.45) is 0 Å². The van der Waals surface area contributed by atoms with Gasteiger partial charge in [-0.05, 0) is 35.9 Å². The molecule has 1 heterocycles. The van der Waals surface area contributed by atoms with E-state index in [0.29, 0.717) is 6.61 Å². The van der Waals surface area contributed by atoms with E-state index in [4.69, 9.17) is 4.74 Å². The highest BCUT2D eigenvalue weighted by Crippen LogP contribution is 2.11. The molecule has 4 heteroatoms. The molecule has 20 heavy (non-hydrogen) atoms. The summed E-state index contributed by atoms with van der Waals surface area (Å²) in [6.45, 7) is 0.521. The van der Waals surface area contributed by atoms with Crippen LogP contribution in [-0.2, 0) is 16.1 Å². The molecule has 0 radical (unpaired) electrons. The van der Waals surface area contributed by atoms with Crippen LogP contribution in [0.3, 0.4) is 0 Å². The van der Waals surface area contributed by atoms with Crippen LogP contribution in [0.2, 0.25) is 0 Å². The minimum absolute atomic E-state index is 0.190. The number of carbonyl (C=O) groups is 1. The molecule has 2 rings (SSSR count). The molecule has 0 aliphatic rings. The molecule has 0 saturated carbocycles. The van der Waals surface area contributed by atoms with E-state index in [1.165, 1.54) is 6.08 Å². The predicted octanol–water partition coefficient (Wildman–Crippen LogP) is 2.88. The lowest BCUT2D eigenvalue weighted by Gasteiger charge is -2.05. The molecule has 0 aliphatic carbocycles. The number of aromatic nitrogens is 1. The minimum Gasteiger partial charge on any atom is -0.380 e. The molecule has 1 aromatic heterocycles. The van der Waals surface area contributed by atoms with Crippen molar-refractivity contribution in [3.63, 3.8) is 0 Å². The lowest BCUT2D eigenvalue weighted by Crippen LogP contribution is -2.08. The normalized spacial score (nSPS) is 10.7. The topological polar surface area (TPSA) is 51.2 Å². The van der Waals surface area contributed by atoms with Gasteiger partial charge in [-0.15, -0.1) is 0 Å². The van der Waals surface area contributed by atoms with Crippen molar-refractivity contribution in [2.75, 3.05) is 12.4 Å². The maximum Gasteiger partial charge on any atom is 0.248 e. The van der Waals surface area contributed by atoms with E-state index in [2.05, 4.69) is 10.3 Å². The Kier molecular flexibility index (Phi) is 5.03. The van der Waals surface area contributed by atoms with Crippen LogP contribution in [0.25, 0.3) is 6.08 Å². The lowest BCUT2D eigenvalue weighted by molar-refractivity contribution is -0.111. The maximum absolute atomic E-state index is 11.8. The number of amides is 1. The second kappa shape index (κ2) is 7.21. The van der Waals surface area contributed by atoms with Gasteiger partial charge >= 0.3 is 0 Å². The number of ether oxygens (including phenoxy) is 1. The first-order valence-electron chi connectivity index (χ1n) is 6.26. The van der Waals surface area contributed by atoms with Crippen molar-refractivity contribution < 1.29 is 9.53 Å². The highest BCUT2D eigenvalue weighted by Gasteiger charge is 1.99. The largest absolute Gasteiger partial charge is 0.380 e. The first-order valence-corrected chi connectivity index (χ1v) is 6.26. The SMILES string of the molecule is COCc1cccc(NC(=O)/C=C/c2ccccn2)c1. The summed E-state index contributed by atoms with van der Waals surface area (Å²) in [5, 5.41) is 2.80. The first kappa shape index (κ1) is 14.0. The molecule has 0 fully saturated rings. The fourth-order valence-corrected chi connectivity index (χ4v) is 1.73. The fraction of sp³-hybridized carbons (Fsp3) is 0.125. The number of hydrogen-bond acceptors (Lipinski definition) is 3. The predicted molar refractivity (Wildman–Crippen MR) is 79.1 cm³/mol. The zero-order chi connectivity index (χ0) is 14.2. The molecular weight excluding hydrogens is 252 g/mol. The van der Waals surface area contributed by atoms with Gasteiger partial charge in [0.15, 0.2) is 0 Å². The maximum atomic E-state index is 11.8. The highest BCUT2D eigenvalue weighted by atomic mass is 16.5. The molecule has 1 N–H and O–H groups in total. The summed E-state index contributed by atoms with van der Waals surface area (Å²) >= 11 is 0. The van der Waals surface area contributed by atoms with Gasteiger partial charge < -0.3 is 10.1 Å². The lowest BCUT2D eigenvalue weighted by atomic mass is 10.2. The molecular formula is C16H16N2O2. The van der Waals surface area contributed by atoms with Crippen molar-refractivity contribution in [2.45, 2.75) is 6.61 Å². The van der Waals surface area contributed by atoms with Crippen LogP contribution in [-0.4, -0.2) is 18.0 Å². The third-order valence-electron chi connectivity index (χ3n) is 2.60. The van der Waals surface area contributed by atoms with Crippen LogP contribution >= 0.6 is 0 Å². The Morgan fingerprint density at radius 2 is 2.20 bits per heavy atom. The molecule has 2 aromatic rings. The zero-order valence-electron chi connectivity index (χ0n) is 11.2. The average molecular weight is 268 g/mol. The summed E-state index contributed by atoms with van der Waals surface area (Å²) < 4.78 is 5.06. The molecule has 4 nitrogen and oxygen atoms in total. The van der Waals surface area contributed by atoms with Crippen LogP contribution in [0.5, 0.6) is 0 Å². The molecule has 0 saturated heterocycles. The van der Waals surface area contributed by atoms with Gasteiger partial charge in [-0.2, -0.15) is 0 Å². The van der Waals surface area contributed by atoms with Crippen molar-refractivity contribution in [1.29, 1.82) is 0 Å². The van der Waals surface area contributed by atoms with Crippen molar-refractivity contribution >= 4 is 17.7 Å². The molecule has 0 aliphatic heterocycles. The Labute approximate surface area is 118 Å². The quantitative estimate of drug-likeness (QED) is 0.848. The van der Waals surface area contributed by atoms with Crippen LogP contribution < -0.4 is 5.32 Å². The second-order valence-corrected chi connectivity index (χ2v) is 4.21. The van der Waals surface area contributed by atoms with Crippen LogP contribution in [0, 0.1) is 0 Å². The molecule has 0 atom stereocenters. The van der Waals surface area contributed by atoms with E-state index < -0.39 is 0 Å². The molecule has 0 unspecified atom stereocenters. The number of benzene rings is 1. The number of hydrogen-bond donors (Lipinski definition) is 1. The third-order valence-corrected chi connectivity index (χ3v) is 2.60. The van der Waals surface area contributed by atoms with Crippen molar-refractivity contribution in [1.82, 2.24) is 4.98 Å². The molecule has 102 valence electrons. The van der Waals surface area contributed by atoms with Gasteiger partial charge in [-0.25, -0.2) is 0 Å². The van der Waals surface area contributed by atoms with Gasteiger partial charge in [0.25, 0.3) is 0 Å². The van der Waals surface area contributed by atoms with Gasteiger partial charge in [0.1, 0.15) is 0 Å². The van der Waals surface area contributed by atoms with Gasteiger partial charge in [0.2, 0.25) is 5.91 Å². The van der Waals surface area contributed by atoms with Crippen molar-refractivity contribution in [3.05, 3.63) is 66.0 Å². The summed E-state index contributed by atoms with van der Waals surface area (Å²) in [5.74, 6) is -0.190. The molecule has 1 amide bonds. The zero-order valence-corrected chi connectivity index (χ0v) is 11.2. The number of methoxy groups -OCH3 is 1. The summed E-state index contributed by atoms with van der Waals surface area (Å²) in [6, 6.07) is 13.1. The molecule has 0 bridgehead atoms. The monoisotopic (exact) mass is 268 g/mol.